The van der Waals surface area contributed by atoms with Crippen molar-refractivity contribution < 1.29 is 8.42 Å². The van der Waals surface area contributed by atoms with Gasteiger partial charge in [-0.1, -0.05) is 35.9 Å². The van der Waals surface area contributed by atoms with Crippen LogP contribution in [0.1, 0.15) is 29.5 Å². The molecule has 0 amide bonds. The maximum atomic E-state index is 13.1. The van der Waals surface area contributed by atoms with Crippen LogP contribution in [0.3, 0.4) is 0 Å². The monoisotopic (exact) mass is 368 g/mol. The third-order valence-electron chi connectivity index (χ3n) is 5.56. The van der Waals surface area contributed by atoms with Crippen molar-refractivity contribution in [2.75, 3.05) is 13.6 Å². The normalized spacial score (nSPS) is 16.3. The van der Waals surface area contributed by atoms with Crippen molar-refractivity contribution in [2.24, 2.45) is 0 Å². The number of aryl methyl sites for hydroxylation is 2. The van der Waals surface area contributed by atoms with Gasteiger partial charge in [0.05, 0.1) is 4.90 Å². The van der Waals surface area contributed by atoms with Gasteiger partial charge in [-0.05, 0) is 49.9 Å². The number of para-hydroxylation sites is 1. The molecule has 2 aromatic carbocycles. The fourth-order valence-corrected chi connectivity index (χ4v) is 5.40. The summed E-state index contributed by atoms with van der Waals surface area (Å²) < 4.78 is 27.8. The molecule has 0 atom stereocenters. The van der Waals surface area contributed by atoms with Gasteiger partial charge in [0.1, 0.15) is 0 Å². The Labute approximate surface area is 154 Å². The Bertz CT molecular complexity index is 1080. The molecular weight excluding hydrogens is 344 g/mol. The van der Waals surface area contributed by atoms with Crippen molar-refractivity contribution in [3.8, 4) is 0 Å². The first-order chi connectivity index (χ1) is 12.3. The number of sulfonamides is 1. The topological polar surface area (TPSA) is 53.2 Å². The maximum Gasteiger partial charge on any atom is 0.243 e. The number of rotatable bonds is 5. The number of aromatic amines is 1. The Balaban J connectivity index is 1.66. The average Bonchev–Trinajstić information content (AvgIpc) is 3.23. The summed E-state index contributed by atoms with van der Waals surface area (Å²) >= 11 is 0. The SMILES string of the molecule is Cc1ccc(S(=O)(=O)N(C)CC2(c3c[nH]c4ccccc34)CC2)c(C)c1. The highest BCUT2D eigenvalue weighted by Gasteiger charge is 2.48. The lowest BCUT2D eigenvalue weighted by molar-refractivity contribution is 0.427. The molecule has 4 nitrogen and oxygen atoms in total. The Morgan fingerprint density at radius 1 is 1.12 bits per heavy atom. The van der Waals surface area contributed by atoms with Gasteiger partial charge in [0.15, 0.2) is 0 Å². The second kappa shape index (κ2) is 5.96. The lowest BCUT2D eigenvalue weighted by Gasteiger charge is -2.24. The highest BCUT2D eigenvalue weighted by molar-refractivity contribution is 7.89. The van der Waals surface area contributed by atoms with Gasteiger partial charge in [-0.25, -0.2) is 12.7 Å². The minimum Gasteiger partial charge on any atom is -0.361 e. The van der Waals surface area contributed by atoms with Crippen LogP contribution in [-0.2, 0) is 15.4 Å². The van der Waals surface area contributed by atoms with Crippen molar-refractivity contribution in [3.05, 3.63) is 65.4 Å². The first-order valence-corrected chi connectivity index (χ1v) is 10.4. The van der Waals surface area contributed by atoms with E-state index in [-0.39, 0.29) is 5.41 Å². The van der Waals surface area contributed by atoms with Gasteiger partial charge in [0, 0.05) is 36.1 Å². The predicted molar refractivity (Wildman–Crippen MR) is 105 cm³/mol. The van der Waals surface area contributed by atoms with Crippen LogP contribution in [0.4, 0.5) is 0 Å². The summed E-state index contributed by atoms with van der Waals surface area (Å²) in [6.07, 6.45) is 4.08. The minimum atomic E-state index is -3.50. The second-order valence-corrected chi connectivity index (χ2v) is 9.57. The fraction of sp³-hybridized carbons (Fsp3) is 0.333. The summed E-state index contributed by atoms with van der Waals surface area (Å²) in [6.45, 7) is 4.34. The molecule has 136 valence electrons. The Morgan fingerprint density at radius 2 is 1.85 bits per heavy atom. The zero-order valence-corrected chi connectivity index (χ0v) is 16.2. The minimum absolute atomic E-state index is 0.0833. The third-order valence-corrected chi connectivity index (χ3v) is 7.52. The van der Waals surface area contributed by atoms with Gasteiger partial charge in [0.25, 0.3) is 0 Å². The summed E-state index contributed by atoms with van der Waals surface area (Å²) in [7, 11) is -1.80. The molecule has 1 fully saturated rings. The zero-order chi connectivity index (χ0) is 18.5. The molecule has 0 radical (unpaired) electrons. The number of fused-ring (bicyclic) bond motifs is 1. The quantitative estimate of drug-likeness (QED) is 0.736. The largest absolute Gasteiger partial charge is 0.361 e. The Hall–Kier alpha value is -2.11. The van der Waals surface area contributed by atoms with Gasteiger partial charge in [0.2, 0.25) is 10.0 Å². The van der Waals surface area contributed by atoms with Crippen LogP contribution in [0.2, 0.25) is 0 Å². The zero-order valence-electron chi connectivity index (χ0n) is 15.4. The standard InChI is InChI=1S/C21H24N2O2S/c1-15-8-9-20(16(2)12-15)26(24,25)23(3)14-21(10-11-21)18-13-22-19-7-5-4-6-17(18)19/h4-9,12-13,22H,10-11,14H2,1-3H3. The molecule has 1 aromatic heterocycles. The molecule has 5 heteroatoms. The van der Waals surface area contributed by atoms with Crippen LogP contribution < -0.4 is 0 Å². The van der Waals surface area contributed by atoms with Gasteiger partial charge < -0.3 is 4.98 Å². The maximum absolute atomic E-state index is 13.1. The van der Waals surface area contributed by atoms with Crippen molar-refractivity contribution in [1.29, 1.82) is 0 Å². The highest BCUT2D eigenvalue weighted by atomic mass is 32.2. The van der Waals surface area contributed by atoms with Crippen LogP contribution >= 0.6 is 0 Å². The third kappa shape index (κ3) is 2.75. The predicted octanol–water partition coefficient (Wildman–Crippen LogP) is 4.14. The molecule has 26 heavy (non-hydrogen) atoms. The Kier molecular flexibility index (Phi) is 3.97. The van der Waals surface area contributed by atoms with E-state index in [1.807, 2.05) is 38.1 Å². The van der Waals surface area contributed by atoms with E-state index in [0.717, 1.165) is 29.5 Å². The van der Waals surface area contributed by atoms with E-state index < -0.39 is 10.0 Å². The van der Waals surface area contributed by atoms with Crippen molar-refractivity contribution in [3.63, 3.8) is 0 Å². The van der Waals surface area contributed by atoms with Crippen molar-refractivity contribution >= 4 is 20.9 Å². The molecule has 0 aliphatic heterocycles. The number of H-pyrrole nitrogens is 1. The molecule has 1 N–H and O–H groups in total. The highest BCUT2D eigenvalue weighted by Crippen LogP contribution is 2.51. The number of nitrogens with zero attached hydrogens (tertiary/aromatic N) is 1. The first-order valence-electron chi connectivity index (χ1n) is 8.94. The van der Waals surface area contributed by atoms with Gasteiger partial charge in [-0.3, -0.25) is 0 Å². The molecule has 1 saturated carbocycles. The summed E-state index contributed by atoms with van der Waals surface area (Å²) in [5.74, 6) is 0. The molecule has 0 bridgehead atoms. The molecule has 1 aliphatic rings. The van der Waals surface area contributed by atoms with Crippen LogP contribution in [-0.4, -0.2) is 31.3 Å². The summed E-state index contributed by atoms with van der Waals surface area (Å²) in [6, 6.07) is 13.7. The lowest BCUT2D eigenvalue weighted by atomic mass is 9.95. The second-order valence-electron chi connectivity index (χ2n) is 7.56. The number of hydrogen-bond donors (Lipinski definition) is 1. The molecule has 4 rings (SSSR count). The van der Waals surface area contributed by atoms with Gasteiger partial charge in [-0.15, -0.1) is 0 Å². The molecule has 0 spiro atoms. The van der Waals surface area contributed by atoms with Crippen molar-refractivity contribution in [2.45, 2.75) is 37.0 Å². The summed E-state index contributed by atoms with van der Waals surface area (Å²) in [5, 5.41) is 1.20. The smallest absolute Gasteiger partial charge is 0.243 e. The first kappa shape index (κ1) is 17.3. The fourth-order valence-electron chi connectivity index (χ4n) is 3.94. The number of hydrogen-bond acceptors (Lipinski definition) is 2. The van der Waals surface area contributed by atoms with Crippen LogP contribution in [0.5, 0.6) is 0 Å². The van der Waals surface area contributed by atoms with E-state index >= 15 is 0 Å². The molecule has 1 aliphatic carbocycles. The summed E-state index contributed by atoms with van der Waals surface area (Å²) in [4.78, 5) is 3.73. The number of benzene rings is 2. The molecule has 0 saturated heterocycles. The lowest BCUT2D eigenvalue weighted by Crippen LogP contribution is -2.34. The van der Waals surface area contributed by atoms with Crippen LogP contribution in [0, 0.1) is 13.8 Å². The van der Waals surface area contributed by atoms with E-state index in [1.54, 1.807) is 13.1 Å². The van der Waals surface area contributed by atoms with E-state index in [2.05, 4.69) is 23.3 Å². The van der Waals surface area contributed by atoms with E-state index in [9.17, 15) is 8.42 Å². The molecule has 3 aromatic rings. The van der Waals surface area contributed by atoms with Crippen LogP contribution in [0.15, 0.2) is 53.6 Å². The van der Waals surface area contributed by atoms with Gasteiger partial charge >= 0.3 is 0 Å². The van der Waals surface area contributed by atoms with Crippen LogP contribution in [0.25, 0.3) is 10.9 Å². The molecular formula is C21H24N2O2S. The number of nitrogens with one attached hydrogen (secondary N) is 1. The Morgan fingerprint density at radius 3 is 2.54 bits per heavy atom. The van der Waals surface area contributed by atoms with Crippen molar-refractivity contribution in [1.82, 2.24) is 9.29 Å². The molecule has 1 heterocycles. The molecule has 0 unspecified atom stereocenters. The summed E-state index contributed by atoms with van der Waals surface area (Å²) in [5.41, 5.74) is 4.12. The van der Waals surface area contributed by atoms with E-state index in [1.165, 1.54) is 15.3 Å². The van der Waals surface area contributed by atoms with E-state index in [4.69, 9.17) is 0 Å². The number of aromatic nitrogens is 1. The van der Waals surface area contributed by atoms with Gasteiger partial charge in [-0.2, -0.15) is 0 Å². The average molecular weight is 369 g/mol. The number of likely N-dealkylation sites (N-methyl/N-ethyl adjacent to an activating group) is 1. The van der Waals surface area contributed by atoms with E-state index in [0.29, 0.717) is 11.4 Å².